The van der Waals surface area contributed by atoms with Crippen LogP contribution in [0, 0.1) is 0 Å². The van der Waals surface area contributed by atoms with Crippen LogP contribution in [0.2, 0.25) is 0 Å². The van der Waals surface area contributed by atoms with Gasteiger partial charge in [-0.2, -0.15) is 0 Å². The first kappa shape index (κ1) is 19.3. The van der Waals surface area contributed by atoms with Crippen LogP contribution in [0.25, 0.3) is 22.4 Å². The van der Waals surface area contributed by atoms with Crippen LogP contribution in [0.15, 0.2) is 69.2 Å². The fourth-order valence-electron chi connectivity index (χ4n) is 3.06. The van der Waals surface area contributed by atoms with E-state index in [0.29, 0.717) is 27.7 Å². The van der Waals surface area contributed by atoms with Gasteiger partial charge >= 0.3 is 0 Å². The number of fused-ring (bicyclic) bond motifs is 1. The van der Waals surface area contributed by atoms with Crippen LogP contribution in [-0.4, -0.2) is 21.6 Å². The minimum Gasteiger partial charge on any atom is -0.497 e. The van der Waals surface area contributed by atoms with Gasteiger partial charge in [0, 0.05) is 17.4 Å². The third-order valence-corrected chi connectivity index (χ3v) is 5.52. The highest BCUT2D eigenvalue weighted by atomic mass is 32.2. The van der Waals surface area contributed by atoms with Crippen molar-refractivity contribution in [3.8, 4) is 17.2 Å². The van der Waals surface area contributed by atoms with Crippen molar-refractivity contribution in [3.63, 3.8) is 0 Å². The third kappa shape index (κ3) is 3.91. The first-order valence-electron chi connectivity index (χ1n) is 9.29. The van der Waals surface area contributed by atoms with Crippen molar-refractivity contribution in [2.45, 2.75) is 30.8 Å². The molecule has 0 fully saturated rings. The van der Waals surface area contributed by atoms with Crippen molar-refractivity contribution >= 4 is 22.7 Å². The van der Waals surface area contributed by atoms with E-state index >= 15 is 0 Å². The number of para-hydroxylation sites is 1. The van der Waals surface area contributed by atoms with E-state index in [2.05, 4.69) is 4.98 Å². The summed E-state index contributed by atoms with van der Waals surface area (Å²) in [5.74, 6) is 1.89. The molecule has 0 atom stereocenters. The molecule has 29 heavy (non-hydrogen) atoms. The Kier molecular flexibility index (Phi) is 5.40. The lowest BCUT2D eigenvalue weighted by Crippen LogP contribution is -2.25. The molecule has 0 aliphatic rings. The highest BCUT2D eigenvalue weighted by Gasteiger charge is 2.15. The molecule has 2 heterocycles. The quantitative estimate of drug-likeness (QED) is 0.333. The number of oxazole rings is 1. The molecule has 2 aromatic carbocycles. The summed E-state index contributed by atoms with van der Waals surface area (Å²) < 4.78 is 12.5. The molecule has 4 aromatic rings. The SMILES string of the molecule is COc1ccc(-c2nc(CSc3nc4ccccc4c(=O)n3C(C)C)co2)cc1. The fraction of sp³-hybridized carbons (Fsp3) is 0.227. The smallest absolute Gasteiger partial charge is 0.262 e. The molecular weight excluding hydrogens is 386 g/mol. The molecule has 0 spiro atoms. The second-order valence-electron chi connectivity index (χ2n) is 6.84. The fourth-order valence-corrected chi connectivity index (χ4v) is 4.07. The molecule has 0 aliphatic carbocycles. The molecule has 7 heteroatoms. The summed E-state index contributed by atoms with van der Waals surface area (Å²) in [6, 6.07) is 15.0. The summed E-state index contributed by atoms with van der Waals surface area (Å²) in [5.41, 5.74) is 2.35. The van der Waals surface area contributed by atoms with Gasteiger partial charge in [0.05, 0.1) is 23.7 Å². The van der Waals surface area contributed by atoms with Crippen LogP contribution < -0.4 is 10.3 Å². The predicted molar refractivity (Wildman–Crippen MR) is 114 cm³/mol. The second kappa shape index (κ2) is 8.13. The van der Waals surface area contributed by atoms with Gasteiger partial charge in [0.25, 0.3) is 5.56 Å². The van der Waals surface area contributed by atoms with E-state index in [1.807, 2.05) is 62.4 Å². The zero-order chi connectivity index (χ0) is 20.4. The number of aromatic nitrogens is 3. The highest BCUT2D eigenvalue weighted by Crippen LogP contribution is 2.26. The number of hydrogen-bond acceptors (Lipinski definition) is 6. The summed E-state index contributed by atoms with van der Waals surface area (Å²) in [7, 11) is 1.63. The zero-order valence-corrected chi connectivity index (χ0v) is 17.3. The first-order valence-corrected chi connectivity index (χ1v) is 10.3. The van der Waals surface area contributed by atoms with Gasteiger partial charge in [-0.3, -0.25) is 9.36 Å². The summed E-state index contributed by atoms with van der Waals surface area (Å²) in [4.78, 5) is 22.2. The number of methoxy groups -OCH3 is 1. The van der Waals surface area contributed by atoms with Crippen molar-refractivity contribution in [1.82, 2.24) is 14.5 Å². The van der Waals surface area contributed by atoms with Gasteiger partial charge in [-0.05, 0) is 50.2 Å². The maximum atomic E-state index is 12.9. The molecule has 2 aromatic heterocycles. The van der Waals surface area contributed by atoms with Crippen molar-refractivity contribution in [1.29, 1.82) is 0 Å². The number of nitrogens with zero attached hydrogens (tertiary/aromatic N) is 3. The van der Waals surface area contributed by atoms with E-state index in [1.165, 1.54) is 11.8 Å². The predicted octanol–water partition coefficient (Wildman–Crippen LogP) is 4.93. The largest absolute Gasteiger partial charge is 0.497 e. The molecular formula is C22H21N3O3S. The Morgan fingerprint density at radius 1 is 1.10 bits per heavy atom. The average Bonchev–Trinajstić information content (AvgIpc) is 3.21. The van der Waals surface area contributed by atoms with Gasteiger partial charge in [0.15, 0.2) is 5.16 Å². The molecule has 148 valence electrons. The molecule has 0 unspecified atom stereocenters. The summed E-state index contributed by atoms with van der Waals surface area (Å²) in [6.45, 7) is 3.97. The van der Waals surface area contributed by atoms with Crippen LogP contribution in [0.4, 0.5) is 0 Å². The molecule has 4 rings (SSSR count). The van der Waals surface area contributed by atoms with E-state index in [-0.39, 0.29) is 11.6 Å². The van der Waals surface area contributed by atoms with E-state index in [1.54, 1.807) is 17.9 Å². The Balaban J connectivity index is 1.59. The van der Waals surface area contributed by atoms with Gasteiger partial charge in [0.2, 0.25) is 5.89 Å². The lowest BCUT2D eigenvalue weighted by atomic mass is 10.2. The van der Waals surface area contributed by atoms with Crippen molar-refractivity contribution in [3.05, 3.63) is 70.8 Å². The van der Waals surface area contributed by atoms with E-state index in [9.17, 15) is 4.79 Å². The van der Waals surface area contributed by atoms with Crippen molar-refractivity contribution in [2.75, 3.05) is 7.11 Å². The van der Waals surface area contributed by atoms with Gasteiger partial charge in [-0.15, -0.1) is 0 Å². The highest BCUT2D eigenvalue weighted by molar-refractivity contribution is 7.98. The Hall–Kier alpha value is -3.06. The van der Waals surface area contributed by atoms with Gasteiger partial charge in [-0.1, -0.05) is 23.9 Å². The number of benzene rings is 2. The number of hydrogen-bond donors (Lipinski definition) is 0. The van der Waals surface area contributed by atoms with E-state index < -0.39 is 0 Å². The Labute approximate surface area is 172 Å². The molecule has 0 N–H and O–H groups in total. The molecule has 0 saturated carbocycles. The van der Waals surface area contributed by atoms with E-state index in [4.69, 9.17) is 14.1 Å². The maximum absolute atomic E-state index is 12.9. The molecule has 0 saturated heterocycles. The number of thioether (sulfide) groups is 1. The van der Waals surface area contributed by atoms with Crippen molar-refractivity contribution in [2.24, 2.45) is 0 Å². The molecule has 6 nitrogen and oxygen atoms in total. The second-order valence-corrected chi connectivity index (χ2v) is 7.78. The maximum Gasteiger partial charge on any atom is 0.262 e. The summed E-state index contributed by atoms with van der Waals surface area (Å²) in [6.07, 6.45) is 1.64. The molecule has 0 bridgehead atoms. The number of rotatable bonds is 6. The molecule has 0 aliphatic heterocycles. The number of ether oxygens (including phenoxy) is 1. The van der Waals surface area contributed by atoms with Crippen LogP contribution in [0.3, 0.4) is 0 Å². The lowest BCUT2D eigenvalue weighted by Gasteiger charge is -2.15. The van der Waals surface area contributed by atoms with Gasteiger partial charge in [-0.25, -0.2) is 9.97 Å². The standard InChI is InChI=1S/C22H21N3O3S/c1-14(2)25-21(26)18-6-4-5-7-19(18)24-22(25)29-13-16-12-28-20(23-16)15-8-10-17(27-3)11-9-15/h4-12,14H,13H2,1-3H3. The zero-order valence-electron chi connectivity index (χ0n) is 16.5. The Bertz CT molecular complexity index is 1200. The van der Waals surface area contributed by atoms with Gasteiger partial charge in [0.1, 0.15) is 12.0 Å². The Morgan fingerprint density at radius 3 is 2.59 bits per heavy atom. The lowest BCUT2D eigenvalue weighted by molar-refractivity contribution is 0.415. The monoisotopic (exact) mass is 407 g/mol. The molecule has 0 amide bonds. The van der Waals surface area contributed by atoms with Crippen molar-refractivity contribution < 1.29 is 9.15 Å². The molecule has 0 radical (unpaired) electrons. The summed E-state index contributed by atoms with van der Waals surface area (Å²) in [5, 5.41) is 1.31. The van der Waals surface area contributed by atoms with Crippen LogP contribution in [-0.2, 0) is 5.75 Å². The third-order valence-electron chi connectivity index (χ3n) is 4.53. The van der Waals surface area contributed by atoms with Crippen LogP contribution in [0.5, 0.6) is 5.75 Å². The average molecular weight is 407 g/mol. The van der Waals surface area contributed by atoms with Crippen LogP contribution >= 0.6 is 11.8 Å². The van der Waals surface area contributed by atoms with Crippen LogP contribution in [0.1, 0.15) is 25.6 Å². The normalized spacial score (nSPS) is 11.3. The summed E-state index contributed by atoms with van der Waals surface area (Å²) >= 11 is 1.48. The topological polar surface area (TPSA) is 70.2 Å². The first-order chi connectivity index (χ1) is 14.1. The minimum atomic E-state index is -0.0211. The van der Waals surface area contributed by atoms with E-state index in [0.717, 1.165) is 17.0 Å². The Morgan fingerprint density at radius 2 is 1.86 bits per heavy atom. The minimum absolute atomic E-state index is 0.00859. The van der Waals surface area contributed by atoms with Gasteiger partial charge < -0.3 is 9.15 Å².